The van der Waals surface area contributed by atoms with E-state index < -0.39 is 0 Å². The van der Waals surface area contributed by atoms with Crippen molar-refractivity contribution in [3.63, 3.8) is 0 Å². The molecule has 4 nitrogen and oxygen atoms in total. The molecule has 1 aromatic rings. The number of hydrogen-bond donors (Lipinski definition) is 2. The summed E-state index contributed by atoms with van der Waals surface area (Å²) in [5.74, 6) is -0.184. The molecule has 1 aromatic carbocycles. The van der Waals surface area contributed by atoms with E-state index in [4.69, 9.17) is 11.6 Å². The Hall–Kier alpha value is -1.55. The Kier molecular flexibility index (Phi) is 6.22. The predicted octanol–water partition coefficient (Wildman–Crippen LogP) is 1.99. The Morgan fingerprint density at radius 2 is 1.94 bits per heavy atom. The van der Waals surface area contributed by atoms with Crippen LogP contribution in [0.1, 0.15) is 30.1 Å². The Labute approximate surface area is 112 Å². The number of amides is 2. The fraction of sp³-hybridized carbons (Fsp3) is 0.385. The van der Waals surface area contributed by atoms with E-state index >= 15 is 0 Å². The Balaban J connectivity index is 2.27. The SMILES string of the molecule is CCCC(=O)NCCNC(=O)c1cccc(Cl)c1. The van der Waals surface area contributed by atoms with Gasteiger partial charge in [0.05, 0.1) is 0 Å². The minimum absolute atomic E-state index is 0.00880. The molecule has 1 rings (SSSR count). The Morgan fingerprint density at radius 1 is 1.22 bits per heavy atom. The highest BCUT2D eigenvalue weighted by Crippen LogP contribution is 2.10. The van der Waals surface area contributed by atoms with E-state index in [-0.39, 0.29) is 11.8 Å². The first-order chi connectivity index (χ1) is 8.63. The Bertz CT molecular complexity index is 421. The molecule has 0 aliphatic carbocycles. The largest absolute Gasteiger partial charge is 0.354 e. The monoisotopic (exact) mass is 268 g/mol. The summed E-state index contributed by atoms with van der Waals surface area (Å²) in [7, 11) is 0. The van der Waals surface area contributed by atoms with E-state index in [1.807, 2.05) is 6.92 Å². The standard InChI is InChI=1S/C13H17ClN2O2/c1-2-4-12(17)15-7-8-16-13(18)10-5-3-6-11(14)9-10/h3,5-6,9H,2,4,7-8H2,1H3,(H,15,17)(H,16,18). The quantitative estimate of drug-likeness (QED) is 0.775. The van der Waals surface area contributed by atoms with Crippen molar-refractivity contribution in [1.82, 2.24) is 10.6 Å². The number of carbonyl (C=O) groups is 2. The first-order valence-electron chi connectivity index (χ1n) is 5.94. The number of carbonyl (C=O) groups excluding carboxylic acids is 2. The first kappa shape index (κ1) is 14.5. The lowest BCUT2D eigenvalue weighted by atomic mass is 10.2. The lowest BCUT2D eigenvalue weighted by molar-refractivity contribution is -0.121. The maximum absolute atomic E-state index is 11.7. The van der Waals surface area contributed by atoms with Crippen molar-refractivity contribution >= 4 is 23.4 Å². The highest BCUT2D eigenvalue weighted by molar-refractivity contribution is 6.30. The van der Waals surface area contributed by atoms with Gasteiger partial charge in [-0.2, -0.15) is 0 Å². The lowest BCUT2D eigenvalue weighted by Crippen LogP contribution is -2.34. The van der Waals surface area contributed by atoms with Gasteiger partial charge in [0.1, 0.15) is 0 Å². The molecule has 98 valence electrons. The molecule has 2 amide bonds. The van der Waals surface area contributed by atoms with Crippen molar-refractivity contribution in [3.05, 3.63) is 34.9 Å². The summed E-state index contributed by atoms with van der Waals surface area (Å²) in [6.07, 6.45) is 1.34. The van der Waals surface area contributed by atoms with Gasteiger partial charge in [0, 0.05) is 30.1 Å². The highest BCUT2D eigenvalue weighted by Gasteiger charge is 2.05. The van der Waals surface area contributed by atoms with Gasteiger partial charge in [0.25, 0.3) is 5.91 Å². The van der Waals surface area contributed by atoms with Gasteiger partial charge in [-0.3, -0.25) is 9.59 Å². The second kappa shape index (κ2) is 7.71. The highest BCUT2D eigenvalue weighted by atomic mass is 35.5. The molecular formula is C13H17ClN2O2. The van der Waals surface area contributed by atoms with Crippen molar-refractivity contribution in [2.24, 2.45) is 0 Å². The van der Waals surface area contributed by atoms with Crippen LogP contribution in [0.2, 0.25) is 5.02 Å². The molecule has 0 saturated heterocycles. The van der Waals surface area contributed by atoms with Crippen LogP contribution in [-0.4, -0.2) is 24.9 Å². The maximum Gasteiger partial charge on any atom is 0.251 e. The zero-order valence-corrected chi connectivity index (χ0v) is 11.1. The number of benzene rings is 1. The third kappa shape index (κ3) is 5.19. The van der Waals surface area contributed by atoms with Crippen LogP contribution in [0.5, 0.6) is 0 Å². The molecule has 0 aromatic heterocycles. The van der Waals surface area contributed by atoms with E-state index in [0.717, 1.165) is 6.42 Å². The van der Waals surface area contributed by atoms with Gasteiger partial charge in [0.2, 0.25) is 5.91 Å². The van der Waals surface area contributed by atoms with Gasteiger partial charge < -0.3 is 10.6 Å². The Morgan fingerprint density at radius 3 is 2.61 bits per heavy atom. The second-order valence-corrected chi connectivity index (χ2v) is 4.30. The lowest BCUT2D eigenvalue weighted by Gasteiger charge is -2.06. The summed E-state index contributed by atoms with van der Waals surface area (Å²) >= 11 is 5.79. The van der Waals surface area contributed by atoms with Gasteiger partial charge in [-0.15, -0.1) is 0 Å². The van der Waals surface area contributed by atoms with Gasteiger partial charge in [-0.1, -0.05) is 24.6 Å². The summed E-state index contributed by atoms with van der Waals surface area (Å²) < 4.78 is 0. The molecule has 0 unspecified atom stereocenters. The zero-order valence-electron chi connectivity index (χ0n) is 10.3. The van der Waals surface area contributed by atoms with Crippen LogP contribution in [0.4, 0.5) is 0 Å². The minimum Gasteiger partial charge on any atom is -0.354 e. The van der Waals surface area contributed by atoms with Crippen molar-refractivity contribution in [2.75, 3.05) is 13.1 Å². The molecule has 0 heterocycles. The average molecular weight is 269 g/mol. The van der Waals surface area contributed by atoms with Crippen LogP contribution in [-0.2, 0) is 4.79 Å². The van der Waals surface area contributed by atoms with Crippen molar-refractivity contribution < 1.29 is 9.59 Å². The molecule has 0 bridgehead atoms. The number of rotatable bonds is 6. The van der Waals surface area contributed by atoms with Crippen molar-refractivity contribution in [1.29, 1.82) is 0 Å². The van der Waals surface area contributed by atoms with E-state index in [1.54, 1.807) is 24.3 Å². The topological polar surface area (TPSA) is 58.2 Å². The molecule has 18 heavy (non-hydrogen) atoms. The summed E-state index contributed by atoms with van der Waals surface area (Å²) in [6.45, 7) is 2.78. The normalized spacial score (nSPS) is 9.89. The third-order valence-electron chi connectivity index (χ3n) is 2.30. The molecule has 0 radical (unpaired) electrons. The van der Waals surface area contributed by atoms with Crippen LogP contribution in [0.3, 0.4) is 0 Å². The fourth-order valence-corrected chi connectivity index (χ4v) is 1.62. The molecule has 0 saturated carbocycles. The molecular weight excluding hydrogens is 252 g/mol. The molecule has 2 N–H and O–H groups in total. The van der Waals surface area contributed by atoms with Crippen molar-refractivity contribution in [2.45, 2.75) is 19.8 Å². The predicted molar refractivity (Wildman–Crippen MR) is 71.7 cm³/mol. The first-order valence-corrected chi connectivity index (χ1v) is 6.31. The molecule has 0 atom stereocenters. The van der Waals surface area contributed by atoms with Crippen molar-refractivity contribution in [3.8, 4) is 0 Å². The molecule has 0 fully saturated rings. The summed E-state index contributed by atoms with van der Waals surface area (Å²) in [4.78, 5) is 22.8. The van der Waals surface area contributed by atoms with Crippen LogP contribution in [0.25, 0.3) is 0 Å². The van der Waals surface area contributed by atoms with Crippen LogP contribution in [0, 0.1) is 0 Å². The molecule has 5 heteroatoms. The second-order valence-electron chi connectivity index (χ2n) is 3.87. The molecule has 0 aliphatic rings. The van der Waals surface area contributed by atoms with E-state index in [0.29, 0.717) is 30.1 Å². The van der Waals surface area contributed by atoms with E-state index in [9.17, 15) is 9.59 Å². The zero-order chi connectivity index (χ0) is 13.4. The smallest absolute Gasteiger partial charge is 0.251 e. The van der Waals surface area contributed by atoms with Gasteiger partial charge in [-0.25, -0.2) is 0 Å². The minimum atomic E-state index is -0.192. The molecule has 0 aliphatic heterocycles. The van der Waals surface area contributed by atoms with E-state index in [2.05, 4.69) is 10.6 Å². The summed E-state index contributed by atoms with van der Waals surface area (Å²) in [5, 5.41) is 5.96. The maximum atomic E-state index is 11.7. The molecule has 0 spiro atoms. The van der Waals surface area contributed by atoms with Gasteiger partial charge in [-0.05, 0) is 24.6 Å². The van der Waals surface area contributed by atoms with Crippen LogP contribution >= 0.6 is 11.6 Å². The van der Waals surface area contributed by atoms with Gasteiger partial charge in [0.15, 0.2) is 0 Å². The van der Waals surface area contributed by atoms with E-state index in [1.165, 1.54) is 0 Å². The summed E-state index contributed by atoms with van der Waals surface area (Å²) in [6, 6.07) is 6.73. The number of hydrogen-bond acceptors (Lipinski definition) is 2. The summed E-state index contributed by atoms with van der Waals surface area (Å²) in [5.41, 5.74) is 0.516. The van der Waals surface area contributed by atoms with Gasteiger partial charge >= 0.3 is 0 Å². The fourth-order valence-electron chi connectivity index (χ4n) is 1.43. The number of nitrogens with one attached hydrogen (secondary N) is 2. The van der Waals surface area contributed by atoms with Crippen LogP contribution < -0.4 is 10.6 Å². The van der Waals surface area contributed by atoms with Crippen LogP contribution in [0.15, 0.2) is 24.3 Å². The number of halogens is 1. The third-order valence-corrected chi connectivity index (χ3v) is 2.53. The average Bonchev–Trinajstić information content (AvgIpc) is 2.35.